The quantitative estimate of drug-likeness (QED) is 0.340. The SMILES string of the molecule is CC(=O)O/C=C(/C#N)C1CC1. The molecule has 0 unspecified atom stereocenters. The van der Waals surface area contributed by atoms with E-state index in [9.17, 15) is 4.79 Å². The van der Waals surface area contributed by atoms with Gasteiger partial charge in [0, 0.05) is 6.92 Å². The summed E-state index contributed by atoms with van der Waals surface area (Å²) in [6.45, 7) is 1.32. The van der Waals surface area contributed by atoms with Crippen LogP contribution in [0.25, 0.3) is 0 Å². The summed E-state index contributed by atoms with van der Waals surface area (Å²) in [6.07, 6.45) is 3.35. The minimum absolute atomic E-state index is 0.347. The predicted octanol–water partition coefficient (Wildman–Crippen LogP) is 1.37. The second kappa shape index (κ2) is 3.20. The molecule has 0 saturated heterocycles. The van der Waals surface area contributed by atoms with Gasteiger partial charge >= 0.3 is 5.97 Å². The molecule has 0 amide bonds. The minimum atomic E-state index is -0.376. The maximum absolute atomic E-state index is 10.3. The summed E-state index contributed by atoms with van der Waals surface area (Å²) in [5, 5.41) is 8.54. The van der Waals surface area contributed by atoms with Crippen molar-refractivity contribution >= 4 is 5.97 Å². The van der Waals surface area contributed by atoms with E-state index in [-0.39, 0.29) is 5.97 Å². The molecule has 1 rings (SSSR count). The molecule has 1 fully saturated rings. The highest BCUT2D eigenvalue weighted by atomic mass is 16.5. The Balaban J connectivity index is 2.47. The highest BCUT2D eigenvalue weighted by Crippen LogP contribution is 2.35. The van der Waals surface area contributed by atoms with E-state index in [1.54, 1.807) is 0 Å². The third-order valence-corrected chi connectivity index (χ3v) is 1.50. The van der Waals surface area contributed by atoms with E-state index in [1.165, 1.54) is 13.2 Å². The molecule has 1 aliphatic carbocycles. The van der Waals surface area contributed by atoms with Crippen LogP contribution < -0.4 is 0 Å². The number of hydrogen-bond acceptors (Lipinski definition) is 3. The van der Waals surface area contributed by atoms with Crippen LogP contribution in [0.1, 0.15) is 19.8 Å². The molecule has 3 heteroatoms. The zero-order chi connectivity index (χ0) is 8.27. The monoisotopic (exact) mass is 151 g/mol. The molecule has 0 spiro atoms. The standard InChI is InChI=1S/C8H9NO2/c1-6(10)11-5-8(4-9)7-2-3-7/h5,7H,2-3H2,1H3/b8-5-. The first-order chi connectivity index (χ1) is 5.24. The Morgan fingerprint density at radius 2 is 2.36 bits per heavy atom. The summed E-state index contributed by atoms with van der Waals surface area (Å²) in [4.78, 5) is 10.3. The lowest BCUT2D eigenvalue weighted by Crippen LogP contribution is -1.92. The molecule has 0 aromatic rings. The van der Waals surface area contributed by atoms with E-state index in [0.717, 1.165) is 12.8 Å². The number of nitrogens with zero attached hydrogens (tertiary/aromatic N) is 1. The van der Waals surface area contributed by atoms with Gasteiger partial charge in [-0.3, -0.25) is 4.79 Å². The summed E-state index contributed by atoms with van der Waals surface area (Å²) in [5.74, 6) is -0.0299. The molecule has 3 nitrogen and oxygen atoms in total. The van der Waals surface area contributed by atoms with E-state index in [1.807, 2.05) is 6.07 Å². The summed E-state index contributed by atoms with van der Waals surface area (Å²) in [5.41, 5.74) is 0.584. The fourth-order valence-corrected chi connectivity index (χ4v) is 0.755. The van der Waals surface area contributed by atoms with Crippen molar-refractivity contribution in [2.45, 2.75) is 19.8 Å². The Bertz CT molecular complexity index is 233. The van der Waals surface area contributed by atoms with Crippen molar-refractivity contribution in [2.75, 3.05) is 0 Å². The molecule has 1 aliphatic rings. The van der Waals surface area contributed by atoms with Crippen LogP contribution in [0.2, 0.25) is 0 Å². The number of rotatable bonds is 2. The van der Waals surface area contributed by atoms with Crippen LogP contribution in [0, 0.1) is 17.2 Å². The first kappa shape index (κ1) is 7.80. The largest absolute Gasteiger partial charge is 0.434 e. The summed E-state index contributed by atoms with van der Waals surface area (Å²) in [7, 11) is 0. The number of ether oxygens (including phenoxy) is 1. The fourth-order valence-electron chi connectivity index (χ4n) is 0.755. The van der Waals surface area contributed by atoms with Gasteiger partial charge in [0.25, 0.3) is 0 Å². The molecular formula is C8H9NO2. The van der Waals surface area contributed by atoms with E-state index >= 15 is 0 Å². The smallest absolute Gasteiger partial charge is 0.307 e. The summed E-state index contributed by atoms with van der Waals surface area (Å²) < 4.78 is 4.57. The first-order valence-corrected chi connectivity index (χ1v) is 3.51. The molecular weight excluding hydrogens is 142 g/mol. The molecule has 58 valence electrons. The Kier molecular flexibility index (Phi) is 2.27. The summed E-state index contributed by atoms with van der Waals surface area (Å²) in [6, 6.07) is 2.00. The Labute approximate surface area is 65.3 Å². The second-order valence-electron chi connectivity index (χ2n) is 2.57. The molecule has 11 heavy (non-hydrogen) atoms. The lowest BCUT2D eigenvalue weighted by atomic mass is 10.2. The number of allylic oxidation sites excluding steroid dienone is 1. The molecule has 0 aromatic carbocycles. The Morgan fingerprint density at radius 3 is 2.73 bits per heavy atom. The van der Waals surface area contributed by atoms with Crippen molar-refractivity contribution in [1.29, 1.82) is 5.26 Å². The first-order valence-electron chi connectivity index (χ1n) is 3.51. The van der Waals surface area contributed by atoms with Gasteiger partial charge in [0.15, 0.2) is 0 Å². The number of nitriles is 1. The third kappa shape index (κ3) is 2.42. The van der Waals surface area contributed by atoms with Crippen LogP contribution in [0.4, 0.5) is 0 Å². The van der Waals surface area contributed by atoms with Crippen LogP contribution in [0.3, 0.4) is 0 Å². The van der Waals surface area contributed by atoms with Crippen molar-refractivity contribution < 1.29 is 9.53 Å². The topological polar surface area (TPSA) is 50.1 Å². The molecule has 0 N–H and O–H groups in total. The van der Waals surface area contributed by atoms with Gasteiger partial charge in [-0.05, 0) is 18.8 Å². The average molecular weight is 151 g/mol. The Hall–Kier alpha value is -1.30. The predicted molar refractivity (Wildman–Crippen MR) is 38.2 cm³/mol. The van der Waals surface area contributed by atoms with Crippen molar-refractivity contribution in [3.63, 3.8) is 0 Å². The van der Waals surface area contributed by atoms with Gasteiger partial charge in [-0.1, -0.05) is 0 Å². The molecule has 0 heterocycles. The average Bonchev–Trinajstić information content (AvgIpc) is 2.72. The van der Waals surface area contributed by atoms with Gasteiger partial charge in [-0.25, -0.2) is 0 Å². The van der Waals surface area contributed by atoms with E-state index in [0.29, 0.717) is 11.5 Å². The highest BCUT2D eigenvalue weighted by Gasteiger charge is 2.26. The van der Waals surface area contributed by atoms with E-state index in [2.05, 4.69) is 4.74 Å². The zero-order valence-corrected chi connectivity index (χ0v) is 6.33. The zero-order valence-electron chi connectivity index (χ0n) is 6.33. The van der Waals surface area contributed by atoms with Crippen molar-refractivity contribution in [1.82, 2.24) is 0 Å². The van der Waals surface area contributed by atoms with Crippen molar-refractivity contribution in [2.24, 2.45) is 5.92 Å². The number of hydrogen-bond donors (Lipinski definition) is 0. The van der Waals surface area contributed by atoms with Crippen molar-refractivity contribution in [3.8, 4) is 6.07 Å². The van der Waals surface area contributed by atoms with Crippen LogP contribution in [0.15, 0.2) is 11.8 Å². The van der Waals surface area contributed by atoms with Crippen LogP contribution in [-0.2, 0) is 9.53 Å². The van der Waals surface area contributed by atoms with Gasteiger partial charge in [0.1, 0.15) is 6.26 Å². The van der Waals surface area contributed by atoms with Crippen LogP contribution in [-0.4, -0.2) is 5.97 Å². The van der Waals surface area contributed by atoms with Gasteiger partial charge < -0.3 is 4.74 Å². The molecule has 0 bridgehead atoms. The maximum Gasteiger partial charge on any atom is 0.307 e. The van der Waals surface area contributed by atoms with Crippen molar-refractivity contribution in [3.05, 3.63) is 11.8 Å². The van der Waals surface area contributed by atoms with Gasteiger partial charge in [0.05, 0.1) is 11.6 Å². The minimum Gasteiger partial charge on any atom is -0.434 e. The van der Waals surface area contributed by atoms with Gasteiger partial charge in [-0.2, -0.15) is 5.26 Å². The number of carbonyl (C=O) groups excluding carboxylic acids is 1. The summed E-state index contributed by atoms with van der Waals surface area (Å²) >= 11 is 0. The van der Waals surface area contributed by atoms with E-state index < -0.39 is 0 Å². The lowest BCUT2D eigenvalue weighted by Gasteiger charge is -1.93. The molecule has 1 saturated carbocycles. The highest BCUT2D eigenvalue weighted by molar-refractivity contribution is 5.66. The maximum atomic E-state index is 10.3. The third-order valence-electron chi connectivity index (χ3n) is 1.50. The van der Waals surface area contributed by atoms with Crippen LogP contribution in [0.5, 0.6) is 0 Å². The molecule has 0 atom stereocenters. The van der Waals surface area contributed by atoms with Gasteiger partial charge in [-0.15, -0.1) is 0 Å². The normalized spacial score (nSPS) is 17.3. The second-order valence-corrected chi connectivity index (χ2v) is 2.57. The van der Waals surface area contributed by atoms with E-state index in [4.69, 9.17) is 5.26 Å². The lowest BCUT2D eigenvalue weighted by molar-refractivity contribution is -0.135. The van der Waals surface area contributed by atoms with Crippen LogP contribution >= 0.6 is 0 Å². The Morgan fingerprint density at radius 1 is 1.73 bits per heavy atom. The molecule has 0 aromatic heterocycles. The number of carbonyl (C=O) groups is 1. The molecule has 0 aliphatic heterocycles. The number of esters is 1. The van der Waals surface area contributed by atoms with Gasteiger partial charge in [0.2, 0.25) is 0 Å². The fraction of sp³-hybridized carbons (Fsp3) is 0.500. The molecule has 0 radical (unpaired) electrons.